The summed E-state index contributed by atoms with van der Waals surface area (Å²) in [6, 6.07) is 21.3. The molecule has 0 aliphatic heterocycles. The van der Waals surface area contributed by atoms with E-state index in [1.165, 1.54) is 0 Å². The molecule has 0 aliphatic rings. The van der Waals surface area contributed by atoms with Crippen molar-refractivity contribution in [3.8, 4) is 11.5 Å². The molecule has 148 valence electrons. The van der Waals surface area contributed by atoms with Crippen LogP contribution in [-0.4, -0.2) is 25.5 Å². The van der Waals surface area contributed by atoms with Crippen LogP contribution in [-0.2, 0) is 4.79 Å². The molecule has 0 saturated heterocycles. The van der Waals surface area contributed by atoms with Crippen LogP contribution < -0.4 is 20.1 Å². The molecule has 6 heteroatoms. The van der Waals surface area contributed by atoms with Crippen molar-refractivity contribution in [2.75, 3.05) is 24.4 Å². The predicted octanol–water partition coefficient (Wildman–Crippen LogP) is 4.27. The lowest BCUT2D eigenvalue weighted by atomic mass is 10.2. The van der Waals surface area contributed by atoms with Gasteiger partial charge in [-0.15, -0.1) is 0 Å². The van der Waals surface area contributed by atoms with Crippen LogP contribution >= 0.6 is 0 Å². The molecule has 0 spiro atoms. The van der Waals surface area contributed by atoms with Crippen molar-refractivity contribution in [3.05, 3.63) is 83.9 Å². The number of benzene rings is 3. The van der Waals surface area contributed by atoms with Gasteiger partial charge in [-0.3, -0.25) is 9.59 Å². The quantitative estimate of drug-likeness (QED) is 0.632. The van der Waals surface area contributed by atoms with E-state index in [1.807, 2.05) is 43.3 Å². The SMILES string of the molecule is COc1ccccc1NC(=O)c1ccc(NC(=O)COc2ccc(C)cc2)cc1. The molecule has 0 bridgehead atoms. The van der Waals surface area contributed by atoms with E-state index in [9.17, 15) is 9.59 Å². The second-order valence-corrected chi connectivity index (χ2v) is 6.38. The van der Waals surface area contributed by atoms with Crippen LogP contribution in [0.3, 0.4) is 0 Å². The summed E-state index contributed by atoms with van der Waals surface area (Å²) >= 11 is 0. The zero-order valence-electron chi connectivity index (χ0n) is 16.3. The van der Waals surface area contributed by atoms with Crippen molar-refractivity contribution < 1.29 is 19.1 Å². The highest BCUT2D eigenvalue weighted by molar-refractivity contribution is 6.05. The maximum absolute atomic E-state index is 12.4. The van der Waals surface area contributed by atoms with Gasteiger partial charge in [0.05, 0.1) is 12.8 Å². The first-order valence-electron chi connectivity index (χ1n) is 9.09. The van der Waals surface area contributed by atoms with Gasteiger partial charge in [-0.05, 0) is 55.5 Å². The normalized spacial score (nSPS) is 10.1. The Morgan fingerprint density at radius 1 is 0.862 bits per heavy atom. The number of nitrogens with one attached hydrogen (secondary N) is 2. The third kappa shape index (κ3) is 5.59. The molecule has 3 rings (SSSR count). The van der Waals surface area contributed by atoms with Crippen LogP contribution in [0.2, 0.25) is 0 Å². The number of anilines is 2. The van der Waals surface area contributed by atoms with Gasteiger partial charge in [0.2, 0.25) is 0 Å². The summed E-state index contributed by atoms with van der Waals surface area (Å²) in [6.45, 7) is 1.88. The summed E-state index contributed by atoms with van der Waals surface area (Å²) < 4.78 is 10.7. The van der Waals surface area contributed by atoms with E-state index in [-0.39, 0.29) is 18.4 Å². The number of rotatable bonds is 7. The number of carbonyl (C=O) groups excluding carboxylic acids is 2. The molecule has 0 saturated carbocycles. The van der Waals surface area contributed by atoms with Gasteiger partial charge in [-0.25, -0.2) is 0 Å². The summed E-state index contributed by atoms with van der Waals surface area (Å²) in [4.78, 5) is 24.5. The molecule has 3 aromatic carbocycles. The van der Waals surface area contributed by atoms with Crippen LogP contribution in [0.1, 0.15) is 15.9 Å². The van der Waals surface area contributed by atoms with E-state index in [1.54, 1.807) is 43.5 Å². The van der Waals surface area contributed by atoms with Crippen LogP contribution in [0.4, 0.5) is 11.4 Å². The molecule has 0 fully saturated rings. The molecule has 0 aliphatic carbocycles. The number of hydrogen-bond donors (Lipinski definition) is 2. The lowest BCUT2D eigenvalue weighted by Gasteiger charge is -2.11. The molecule has 2 N–H and O–H groups in total. The van der Waals surface area contributed by atoms with Crippen LogP contribution in [0.15, 0.2) is 72.8 Å². The van der Waals surface area contributed by atoms with Crippen molar-refractivity contribution in [1.82, 2.24) is 0 Å². The van der Waals surface area contributed by atoms with E-state index in [0.717, 1.165) is 5.56 Å². The average Bonchev–Trinajstić information content (AvgIpc) is 2.74. The number of aryl methyl sites for hydroxylation is 1. The minimum Gasteiger partial charge on any atom is -0.495 e. The highest BCUT2D eigenvalue weighted by Gasteiger charge is 2.10. The molecule has 0 atom stereocenters. The number of ether oxygens (including phenoxy) is 2. The van der Waals surface area contributed by atoms with Crippen LogP contribution in [0.25, 0.3) is 0 Å². The van der Waals surface area contributed by atoms with Gasteiger partial charge >= 0.3 is 0 Å². The first-order valence-corrected chi connectivity index (χ1v) is 9.09. The summed E-state index contributed by atoms with van der Waals surface area (Å²) in [5.41, 5.74) is 2.75. The molecule has 3 aromatic rings. The van der Waals surface area contributed by atoms with Crippen molar-refractivity contribution in [3.63, 3.8) is 0 Å². The zero-order valence-corrected chi connectivity index (χ0v) is 16.3. The minimum absolute atomic E-state index is 0.0981. The summed E-state index contributed by atoms with van der Waals surface area (Å²) in [5, 5.41) is 5.55. The van der Waals surface area contributed by atoms with Crippen molar-refractivity contribution in [2.45, 2.75) is 6.92 Å². The van der Waals surface area contributed by atoms with Gasteiger partial charge < -0.3 is 20.1 Å². The van der Waals surface area contributed by atoms with Gasteiger partial charge in [0.1, 0.15) is 11.5 Å². The number of methoxy groups -OCH3 is 1. The molecule has 29 heavy (non-hydrogen) atoms. The Morgan fingerprint density at radius 2 is 1.55 bits per heavy atom. The molecule has 0 aromatic heterocycles. The Bertz CT molecular complexity index is 983. The third-order valence-corrected chi connectivity index (χ3v) is 4.18. The number of carbonyl (C=O) groups is 2. The molecular weight excluding hydrogens is 368 g/mol. The summed E-state index contributed by atoms with van der Waals surface area (Å²) in [6.07, 6.45) is 0. The Morgan fingerprint density at radius 3 is 2.24 bits per heavy atom. The Labute approximate surface area is 169 Å². The largest absolute Gasteiger partial charge is 0.495 e. The van der Waals surface area contributed by atoms with Gasteiger partial charge in [0.15, 0.2) is 6.61 Å². The van der Waals surface area contributed by atoms with Gasteiger partial charge in [-0.1, -0.05) is 29.8 Å². The maximum atomic E-state index is 12.4. The van der Waals surface area contributed by atoms with Gasteiger partial charge in [0, 0.05) is 11.3 Å². The van der Waals surface area contributed by atoms with Crippen LogP contribution in [0, 0.1) is 6.92 Å². The Hall–Kier alpha value is -3.80. The third-order valence-electron chi connectivity index (χ3n) is 4.18. The van der Waals surface area contributed by atoms with Crippen LogP contribution in [0.5, 0.6) is 11.5 Å². The first-order chi connectivity index (χ1) is 14.0. The second-order valence-electron chi connectivity index (χ2n) is 6.38. The number of hydrogen-bond acceptors (Lipinski definition) is 4. The van der Waals surface area contributed by atoms with Gasteiger partial charge in [-0.2, -0.15) is 0 Å². The summed E-state index contributed by atoms with van der Waals surface area (Å²) in [5.74, 6) is 0.666. The van der Waals surface area contributed by atoms with E-state index in [0.29, 0.717) is 28.4 Å². The lowest BCUT2D eigenvalue weighted by Crippen LogP contribution is -2.20. The highest BCUT2D eigenvalue weighted by atomic mass is 16.5. The smallest absolute Gasteiger partial charge is 0.262 e. The molecular formula is C23H22N2O4. The highest BCUT2D eigenvalue weighted by Crippen LogP contribution is 2.24. The van der Waals surface area contributed by atoms with Crippen molar-refractivity contribution in [2.24, 2.45) is 0 Å². The average molecular weight is 390 g/mol. The molecule has 0 unspecified atom stereocenters. The Balaban J connectivity index is 1.54. The first kappa shape index (κ1) is 19.9. The minimum atomic E-state index is -0.281. The Kier molecular flexibility index (Phi) is 6.47. The fraction of sp³-hybridized carbons (Fsp3) is 0.130. The van der Waals surface area contributed by atoms with E-state index >= 15 is 0 Å². The van der Waals surface area contributed by atoms with Gasteiger partial charge in [0.25, 0.3) is 11.8 Å². The zero-order chi connectivity index (χ0) is 20.6. The molecule has 0 heterocycles. The molecule has 0 radical (unpaired) electrons. The fourth-order valence-corrected chi connectivity index (χ4v) is 2.63. The number of amides is 2. The van der Waals surface area contributed by atoms with E-state index in [4.69, 9.17) is 9.47 Å². The second kappa shape index (κ2) is 9.41. The maximum Gasteiger partial charge on any atom is 0.262 e. The molecule has 6 nitrogen and oxygen atoms in total. The van der Waals surface area contributed by atoms with E-state index in [2.05, 4.69) is 10.6 Å². The van der Waals surface area contributed by atoms with Crippen molar-refractivity contribution in [1.29, 1.82) is 0 Å². The predicted molar refractivity (Wildman–Crippen MR) is 113 cm³/mol. The fourth-order valence-electron chi connectivity index (χ4n) is 2.63. The summed E-state index contributed by atoms with van der Waals surface area (Å²) in [7, 11) is 1.55. The topological polar surface area (TPSA) is 76.7 Å². The monoisotopic (exact) mass is 390 g/mol. The van der Waals surface area contributed by atoms with E-state index < -0.39 is 0 Å². The lowest BCUT2D eigenvalue weighted by molar-refractivity contribution is -0.118. The standard InChI is InChI=1S/C23H22N2O4/c1-16-7-13-19(14-8-16)29-15-22(26)24-18-11-9-17(10-12-18)23(27)25-20-5-3-4-6-21(20)28-2/h3-14H,15H2,1-2H3,(H,24,26)(H,25,27). The van der Waals surface area contributed by atoms with Crippen molar-refractivity contribution >= 4 is 23.2 Å². The number of para-hydroxylation sites is 2. The molecule has 2 amide bonds.